The number of rotatable bonds is 4. The summed E-state index contributed by atoms with van der Waals surface area (Å²) >= 11 is 7.13. The lowest BCUT2D eigenvalue weighted by Crippen LogP contribution is -2.45. The molecule has 138 valence electrons. The van der Waals surface area contributed by atoms with E-state index in [0.717, 1.165) is 37.6 Å². The van der Waals surface area contributed by atoms with Gasteiger partial charge in [0.1, 0.15) is 5.82 Å². The predicted molar refractivity (Wildman–Crippen MR) is 102 cm³/mol. The summed E-state index contributed by atoms with van der Waals surface area (Å²) in [6.45, 7) is 3.57. The maximum Gasteiger partial charge on any atom is 0.261 e. The molecule has 1 unspecified atom stereocenters. The van der Waals surface area contributed by atoms with Crippen LogP contribution >= 0.6 is 22.9 Å². The summed E-state index contributed by atoms with van der Waals surface area (Å²) in [5.74, 6) is -1.09. The number of anilines is 1. The number of aryl methyl sites for hydroxylation is 1. The molecule has 2 aromatic rings. The van der Waals surface area contributed by atoms with E-state index in [0.29, 0.717) is 9.88 Å². The number of amides is 2. The van der Waals surface area contributed by atoms with Gasteiger partial charge < -0.3 is 16.0 Å². The van der Waals surface area contributed by atoms with Gasteiger partial charge in [0.25, 0.3) is 11.8 Å². The van der Waals surface area contributed by atoms with Crippen LogP contribution in [0.4, 0.5) is 9.39 Å². The van der Waals surface area contributed by atoms with Crippen LogP contribution in [-0.4, -0.2) is 30.9 Å². The van der Waals surface area contributed by atoms with Crippen LogP contribution in [0.15, 0.2) is 24.3 Å². The highest BCUT2D eigenvalue weighted by molar-refractivity contribution is 7.18. The van der Waals surface area contributed by atoms with Gasteiger partial charge in [-0.1, -0.05) is 11.6 Å². The molecule has 1 aromatic heterocycles. The van der Waals surface area contributed by atoms with Gasteiger partial charge in [0.05, 0.1) is 20.5 Å². The lowest BCUT2D eigenvalue weighted by molar-refractivity contribution is 0.0933. The number of nitrogens with one attached hydrogen (secondary N) is 3. The number of hydrogen-bond acceptors (Lipinski definition) is 4. The number of hydrogen-bond donors (Lipinski definition) is 3. The van der Waals surface area contributed by atoms with E-state index in [1.807, 2.05) is 6.92 Å². The van der Waals surface area contributed by atoms with Crippen LogP contribution in [0.3, 0.4) is 0 Å². The molecule has 0 bridgehead atoms. The van der Waals surface area contributed by atoms with Gasteiger partial charge in [-0.2, -0.15) is 0 Å². The van der Waals surface area contributed by atoms with Crippen molar-refractivity contribution in [3.05, 3.63) is 51.1 Å². The molecule has 0 spiro atoms. The summed E-state index contributed by atoms with van der Waals surface area (Å²) in [7, 11) is 0. The van der Waals surface area contributed by atoms with Crippen molar-refractivity contribution in [1.29, 1.82) is 0 Å². The third kappa shape index (κ3) is 4.41. The van der Waals surface area contributed by atoms with Crippen LogP contribution in [-0.2, 0) is 0 Å². The Morgan fingerprint density at radius 1 is 1.31 bits per heavy atom. The van der Waals surface area contributed by atoms with E-state index in [4.69, 9.17) is 11.6 Å². The van der Waals surface area contributed by atoms with Gasteiger partial charge in [-0.15, -0.1) is 11.3 Å². The zero-order valence-electron chi connectivity index (χ0n) is 14.2. The maximum absolute atomic E-state index is 13.1. The number of piperidine rings is 1. The van der Waals surface area contributed by atoms with Crippen molar-refractivity contribution in [2.45, 2.75) is 25.8 Å². The number of carbonyl (C=O) groups excluding carboxylic acids is 2. The fourth-order valence-corrected chi connectivity index (χ4v) is 4.07. The fraction of sp³-hybridized carbons (Fsp3) is 0.333. The molecule has 1 aliphatic rings. The summed E-state index contributed by atoms with van der Waals surface area (Å²) in [6.07, 6.45) is 1.99. The highest BCUT2D eigenvalue weighted by Crippen LogP contribution is 2.28. The second-order valence-corrected chi connectivity index (χ2v) is 7.68. The molecule has 2 heterocycles. The average molecular weight is 396 g/mol. The van der Waals surface area contributed by atoms with Crippen LogP contribution in [0.1, 0.15) is 38.4 Å². The quantitative estimate of drug-likeness (QED) is 0.741. The molecule has 0 saturated carbocycles. The van der Waals surface area contributed by atoms with E-state index >= 15 is 0 Å². The molecule has 1 fully saturated rings. The van der Waals surface area contributed by atoms with E-state index in [2.05, 4.69) is 16.0 Å². The summed E-state index contributed by atoms with van der Waals surface area (Å²) in [5, 5.41) is 9.58. The van der Waals surface area contributed by atoms with E-state index < -0.39 is 11.7 Å². The third-order valence-electron chi connectivity index (χ3n) is 4.17. The number of thiophene rings is 1. The van der Waals surface area contributed by atoms with Crippen LogP contribution in [0.25, 0.3) is 0 Å². The van der Waals surface area contributed by atoms with Crippen LogP contribution in [0.2, 0.25) is 5.02 Å². The zero-order valence-corrected chi connectivity index (χ0v) is 15.8. The van der Waals surface area contributed by atoms with E-state index in [-0.39, 0.29) is 22.5 Å². The molecule has 3 N–H and O–H groups in total. The smallest absolute Gasteiger partial charge is 0.261 e. The summed E-state index contributed by atoms with van der Waals surface area (Å²) < 4.78 is 13.1. The molecule has 1 aromatic carbocycles. The molecule has 0 radical (unpaired) electrons. The molecule has 1 saturated heterocycles. The first-order valence-electron chi connectivity index (χ1n) is 8.32. The Morgan fingerprint density at radius 2 is 2.12 bits per heavy atom. The number of benzene rings is 1. The van der Waals surface area contributed by atoms with Gasteiger partial charge in [-0.3, -0.25) is 9.59 Å². The van der Waals surface area contributed by atoms with E-state index in [1.54, 1.807) is 6.07 Å². The minimum absolute atomic E-state index is 0.0403. The van der Waals surface area contributed by atoms with Crippen molar-refractivity contribution in [2.75, 3.05) is 18.4 Å². The Kier molecular flexibility index (Phi) is 5.90. The second kappa shape index (κ2) is 8.16. The summed E-state index contributed by atoms with van der Waals surface area (Å²) in [5.41, 5.74) is 0.968. The average Bonchev–Trinajstić information content (AvgIpc) is 2.96. The van der Waals surface area contributed by atoms with Crippen molar-refractivity contribution in [3.63, 3.8) is 0 Å². The summed E-state index contributed by atoms with van der Waals surface area (Å²) in [6, 6.07) is 5.46. The SMILES string of the molecule is Cc1cc(NC(=O)c2ccc(F)cc2Cl)sc1C(=O)NC1CCCNC1. The first kappa shape index (κ1) is 18.8. The molecule has 2 amide bonds. The molecule has 1 atom stereocenters. The van der Waals surface area contributed by atoms with Crippen molar-refractivity contribution in [2.24, 2.45) is 0 Å². The van der Waals surface area contributed by atoms with Crippen molar-refractivity contribution in [3.8, 4) is 0 Å². The first-order chi connectivity index (χ1) is 12.4. The Labute approximate surface area is 159 Å². The van der Waals surface area contributed by atoms with Crippen LogP contribution in [0.5, 0.6) is 0 Å². The fourth-order valence-electron chi connectivity index (χ4n) is 2.85. The van der Waals surface area contributed by atoms with Crippen molar-refractivity contribution >= 4 is 39.8 Å². The number of carbonyl (C=O) groups is 2. The molecular weight excluding hydrogens is 377 g/mol. The second-order valence-electron chi connectivity index (χ2n) is 6.22. The van der Waals surface area contributed by atoms with E-state index in [1.165, 1.54) is 23.5 Å². The van der Waals surface area contributed by atoms with Crippen molar-refractivity contribution < 1.29 is 14.0 Å². The Morgan fingerprint density at radius 3 is 2.81 bits per heavy atom. The molecule has 3 rings (SSSR count). The van der Waals surface area contributed by atoms with Crippen molar-refractivity contribution in [1.82, 2.24) is 10.6 Å². The Hall–Kier alpha value is -1.96. The predicted octanol–water partition coefficient (Wildman–Crippen LogP) is 3.58. The van der Waals surface area contributed by atoms with Gasteiger partial charge >= 0.3 is 0 Å². The maximum atomic E-state index is 13.1. The van der Waals surface area contributed by atoms with Gasteiger partial charge in [-0.05, 0) is 56.1 Å². The summed E-state index contributed by atoms with van der Waals surface area (Å²) in [4.78, 5) is 25.4. The Balaban J connectivity index is 1.69. The lowest BCUT2D eigenvalue weighted by Gasteiger charge is -2.23. The molecule has 0 aliphatic carbocycles. The topological polar surface area (TPSA) is 70.2 Å². The molecular formula is C18H19ClFN3O2S. The van der Waals surface area contributed by atoms with Gasteiger partial charge in [0.15, 0.2) is 0 Å². The van der Waals surface area contributed by atoms with Gasteiger partial charge in [-0.25, -0.2) is 4.39 Å². The lowest BCUT2D eigenvalue weighted by atomic mass is 10.1. The largest absolute Gasteiger partial charge is 0.347 e. The molecule has 26 heavy (non-hydrogen) atoms. The number of halogens is 2. The van der Waals surface area contributed by atoms with Gasteiger partial charge in [0, 0.05) is 12.6 Å². The molecule has 1 aliphatic heterocycles. The van der Waals surface area contributed by atoms with Crippen LogP contribution in [0, 0.1) is 12.7 Å². The minimum Gasteiger partial charge on any atom is -0.347 e. The van der Waals surface area contributed by atoms with Crippen LogP contribution < -0.4 is 16.0 Å². The normalized spacial score (nSPS) is 17.0. The molecule has 5 nitrogen and oxygen atoms in total. The zero-order chi connectivity index (χ0) is 18.7. The van der Waals surface area contributed by atoms with E-state index in [9.17, 15) is 14.0 Å². The monoisotopic (exact) mass is 395 g/mol. The minimum atomic E-state index is -0.505. The van der Waals surface area contributed by atoms with Gasteiger partial charge in [0.2, 0.25) is 0 Å². The molecule has 8 heteroatoms. The highest BCUT2D eigenvalue weighted by Gasteiger charge is 2.20. The standard InChI is InChI=1S/C18H19ClFN3O2S/c1-10-7-15(23-17(24)13-5-4-11(20)8-14(13)19)26-16(10)18(25)22-12-3-2-6-21-9-12/h4-5,7-8,12,21H,2-3,6,9H2,1H3,(H,22,25)(H,23,24). The Bertz CT molecular complexity index is 834. The first-order valence-corrected chi connectivity index (χ1v) is 9.52. The third-order valence-corrected chi connectivity index (χ3v) is 5.63. The highest BCUT2D eigenvalue weighted by atomic mass is 35.5.